The first kappa shape index (κ1) is 18.5. The van der Waals surface area contributed by atoms with Crippen LogP contribution in [0.15, 0.2) is 82.0 Å². The molecule has 0 aliphatic heterocycles. The van der Waals surface area contributed by atoms with E-state index in [4.69, 9.17) is 9.15 Å². The van der Waals surface area contributed by atoms with Crippen molar-refractivity contribution in [3.63, 3.8) is 0 Å². The van der Waals surface area contributed by atoms with Gasteiger partial charge in [-0.3, -0.25) is 9.59 Å². The van der Waals surface area contributed by atoms with Crippen molar-refractivity contribution in [3.05, 3.63) is 94.1 Å². The number of carbonyl (C=O) groups excluding carboxylic acids is 1. The molecule has 5 heteroatoms. The molecule has 1 N–H and O–H groups in total. The van der Waals surface area contributed by atoms with E-state index < -0.39 is 0 Å². The normalized spacial score (nSPS) is 10.7. The fourth-order valence-electron chi connectivity index (χ4n) is 3.24. The van der Waals surface area contributed by atoms with Crippen molar-refractivity contribution >= 4 is 22.6 Å². The van der Waals surface area contributed by atoms with E-state index in [0.717, 1.165) is 5.56 Å². The molecule has 0 aliphatic rings. The van der Waals surface area contributed by atoms with Gasteiger partial charge in [0.15, 0.2) is 5.43 Å². The number of ether oxygens (including phenoxy) is 1. The van der Waals surface area contributed by atoms with Gasteiger partial charge >= 0.3 is 0 Å². The van der Waals surface area contributed by atoms with Crippen LogP contribution < -0.4 is 15.5 Å². The van der Waals surface area contributed by atoms with Crippen LogP contribution in [0.3, 0.4) is 0 Å². The Bertz CT molecular complexity index is 1270. The predicted molar refractivity (Wildman–Crippen MR) is 114 cm³/mol. The van der Waals surface area contributed by atoms with Gasteiger partial charge in [0.1, 0.15) is 17.1 Å². The molecule has 0 saturated heterocycles. The van der Waals surface area contributed by atoms with E-state index >= 15 is 0 Å². The quantitative estimate of drug-likeness (QED) is 0.535. The third kappa shape index (κ3) is 3.62. The lowest BCUT2D eigenvalue weighted by molar-refractivity contribution is 0.102. The molecule has 5 nitrogen and oxygen atoms in total. The van der Waals surface area contributed by atoms with Gasteiger partial charge in [-0.15, -0.1) is 0 Å². The molecule has 0 bridgehead atoms. The second-order valence-corrected chi connectivity index (χ2v) is 6.66. The molecule has 0 atom stereocenters. The molecule has 29 heavy (non-hydrogen) atoms. The number of methoxy groups -OCH3 is 1. The van der Waals surface area contributed by atoms with E-state index in [1.54, 1.807) is 37.4 Å². The summed E-state index contributed by atoms with van der Waals surface area (Å²) >= 11 is 0. The Balaban J connectivity index is 1.74. The highest BCUT2D eigenvalue weighted by Crippen LogP contribution is 2.31. The first-order chi connectivity index (χ1) is 14.1. The van der Waals surface area contributed by atoms with Gasteiger partial charge in [-0.25, -0.2) is 0 Å². The van der Waals surface area contributed by atoms with Crippen molar-refractivity contribution in [1.29, 1.82) is 0 Å². The zero-order chi connectivity index (χ0) is 20.4. The highest BCUT2D eigenvalue weighted by atomic mass is 16.5. The maximum Gasteiger partial charge on any atom is 0.255 e. The van der Waals surface area contributed by atoms with Crippen LogP contribution in [-0.2, 0) is 0 Å². The van der Waals surface area contributed by atoms with E-state index in [2.05, 4.69) is 5.32 Å². The van der Waals surface area contributed by atoms with Crippen molar-refractivity contribution in [2.24, 2.45) is 0 Å². The Hall–Kier alpha value is -3.86. The third-order valence-electron chi connectivity index (χ3n) is 4.75. The van der Waals surface area contributed by atoms with E-state index in [0.29, 0.717) is 39.3 Å². The van der Waals surface area contributed by atoms with Crippen LogP contribution in [0.5, 0.6) is 5.75 Å². The van der Waals surface area contributed by atoms with Crippen molar-refractivity contribution in [3.8, 4) is 17.1 Å². The van der Waals surface area contributed by atoms with Crippen LogP contribution in [-0.4, -0.2) is 13.0 Å². The standard InChI is InChI=1S/C24H19NO4/c1-15-7-3-4-8-17(15)24(27)25-16-11-12-18-20(26)14-23(29-22(18)13-16)19-9-5-6-10-21(19)28-2/h3-14H,1-2H3,(H,25,27). The van der Waals surface area contributed by atoms with Crippen LogP contribution in [0, 0.1) is 6.92 Å². The Morgan fingerprint density at radius 1 is 0.966 bits per heavy atom. The molecule has 0 radical (unpaired) electrons. The predicted octanol–water partition coefficient (Wildman–Crippen LogP) is 5.03. The molecule has 1 amide bonds. The summed E-state index contributed by atoms with van der Waals surface area (Å²) < 4.78 is 11.4. The molecule has 0 saturated carbocycles. The molecule has 1 aromatic heterocycles. The number of rotatable bonds is 4. The largest absolute Gasteiger partial charge is 0.496 e. The number of nitrogens with one attached hydrogen (secondary N) is 1. The zero-order valence-electron chi connectivity index (χ0n) is 16.1. The lowest BCUT2D eigenvalue weighted by atomic mass is 10.1. The summed E-state index contributed by atoms with van der Waals surface area (Å²) in [7, 11) is 1.57. The van der Waals surface area contributed by atoms with Gasteiger partial charge in [-0.1, -0.05) is 30.3 Å². The first-order valence-corrected chi connectivity index (χ1v) is 9.15. The Kier molecular flexibility index (Phi) is 4.87. The lowest BCUT2D eigenvalue weighted by Crippen LogP contribution is -2.13. The monoisotopic (exact) mass is 385 g/mol. The molecule has 4 rings (SSSR count). The average Bonchev–Trinajstić information content (AvgIpc) is 2.73. The first-order valence-electron chi connectivity index (χ1n) is 9.15. The number of hydrogen-bond donors (Lipinski definition) is 1. The average molecular weight is 385 g/mol. The van der Waals surface area contributed by atoms with E-state index in [-0.39, 0.29) is 11.3 Å². The van der Waals surface area contributed by atoms with Gasteiger partial charge in [0.25, 0.3) is 5.91 Å². The highest BCUT2D eigenvalue weighted by molar-refractivity contribution is 6.05. The minimum atomic E-state index is -0.217. The molecule has 144 valence electrons. The number of fused-ring (bicyclic) bond motifs is 1. The van der Waals surface area contributed by atoms with Crippen LogP contribution in [0.2, 0.25) is 0 Å². The van der Waals surface area contributed by atoms with Crippen LogP contribution >= 0.6 is 0 Å². The van der Waals surface area contributed by atoms with Crippen molar-refractivity contribution in [2.75, 3.05) is 12.4 Å². The minimum Gasteiger partial charge on any atom is -0.496 e. The van der Waals surface area contributed by atoms with Crippen LogP contribution in [0.25, 0.3) is 22.3 Å². The number of hydrogen-bond acceptors (Lipinski definition) is 4. The van der Waals surface area contributed by atoms with Crippen molar-refractivity contribution < 1.29 is 13.9 Å². The Morgan fingerprint density at radius 3 is 2.52 bits per heavy atom. The summed E-state index contributed by atoms with van der Waals surface area (Å²) in [5.74, 6) is 0.798. The van der Waals surface area contributed by atoms with Crippen LogP contribution in [0.4, 0.5) is 5.69 Å². The number of amides is 1. The topological polar surface area (TPSA) is 68.5 Å². The van der Waals surface area contributed by atoms with Gasteiger partial charge < -0.3 is 14.5 Å². The molecule has 0 spiro atoms. The summed E-state index contributed by atoms with van der Waals surface area (Å²) in [5.41, 5.74) is 2.94. The Labute approximate surface area is 167 Å². The highest BCUT2D eigenvalue weighted by Gasteiger charge is 2.13. The summed E-state index contributed by atoms with van der Waals surface area (Å²) in [4.78, 5) is 25.2. The fourth-order valence-corrected chi connectivity index (χ4v) is 3.24. The second kappa shape index (κ2) is 7.64. The molecular weight excluding hydrogens is 366 g/mol. The minimum absolute atomic E-state index is 0.163. The van der Waals surface area contributed by atoms with Crippen molar-refractivity contribution in [1.82, 2.24) is 0 Å². The summed E-state index contributed by atoms with van der Waals surface area (Å²) in [6, 6.07) is 21.1. The summed E-state index contributed by atoms with van der Waals surface area (Å²) in [5, 5.41) is 3.31. The molecular formula is C24H19NO4. The van der Waals surface area contributed by atoms with Gasteiger partial charge in [0.05, 0.1) is 18.1 Å². The molecule has 3 aromatic carbocycles. The SMILES string of the molecule is COc1ccccc1-c1cc(=O)c2ccc(NC(=O)c3ccccc3C)cc2o1. The zero-order valence-corrected chi connectivity index (χ0v) is 16.1. The third-order valence-corrected chi connectivity index (χ3v) is 4.75. The van der Waals surface area contributed by atoms with E-state index in [9.17, 15) is 9.59 Å². The molecule has 0 unspecified atom stereocenters. The van der Waals surface area contributed by atoms with Gasteiger partial charge in [0, 0.05) is 23.4 Å². The summed E-state index contributed by atoms with van der Waals surface area (Å²) in [6.07, 6.45) is 0. The van der Waals surface area contributed by atoms with E-state index in [1.165, 1.54) is 6.07 Å². The van der Waals surface area contributed by atoms with Gasteiger partial charge in [-0.2, -0.15) is 0 Å². The van der Waals surface area contributed by atoms with Gasteiger partial charge in [0.2, 0.25) is 0 Å². The maximum absolute atomic E-state index is 12.6. The second-order valence-electron chi connectivity index (χ2n) is 6.66. The number of benzene rings is 3. The van der Waals surface area contributed by atoms with Crippen LogP contribution in [0.1, 0.15) is 15.9 Å². The number of carbonyl (C=O) groups is 1. The lowest BCUT2D eigenvalue weighted by Gasteiger charge is -2.10. The Morgan fingerprint density at radius 2 is 1.72 bits per heavy atom. The molecule has 0 aliphatic carbocycles. The summed E-state index contributed by atoms with van der Waals surface area (Å²) in [6.45, 7) is 1.88. The number of aryl methyl sites for hydroxylation is 1. The van der Waals surface area contributed by atoms with E-state index in [1.807, 2.05) is 43.3 Å². The molecule has 1 heterocycles. The number of para-hydroxylation sites is 1. The smallest absolute Gasteiger partial charge is 0.255 e. The molecule has 4 aromatic rings. The maximum atomic E-state index is 12.6. The number of anilines is 1. The van der Waals surface area contributed by atoms with Crippen molar-refractivity contribution in [2.45, 2.75) is 6.92 Å². The molecule has 0 fully saturated rings. The van der Waals surface area contributed by atoms with Gasteiger partial charge in [-0.05, 0) is 42.8 Å². The fraction of sp³-hybridized carbons (Fsp3) is 0.0833.